The van der Waals surface area contributed by atoms with E-state index in [0.717, 1.165) is 22.2 Å². The van der Waals surface area contributed by atoms with Crippen molar-refractivity contribution in [2.75, 3.05) is 0 Å². The molecule has 148 valence electrons. The molecule has 0 spiro atoms. The number of rotatable bonds is 3. The summed E-state index contributed by atoms with van der Waals surface area (Å²) in [6, 6.07) is 15.9. The highest BCUT2D eigenvalue weighted by atomic mass is 28.3. The second-order valence-electron chi connectivity index (χ2n) is 7.48. The van der Waals surface area contributed by atoms with E-state index in [2.05, 4.69) is 41.5 Å². The zero-order chi connectivity index (χ0) is 19.4. The van der Waals surface area contributed by atoms with Gasteiger partial charge in [-0.3, -0.25) is 0 Å². The fraction of sp³-hybridized carbons (Fsp3) is 0.455. The minimum absolute atomic E-state index is 0. The summed E-state index contributed by atoms with van der Waals surface area (Å²) < 4.78 is 0. The lowest BCUT2D eigenvalue weighted by Gasteiger charge is -2.26. The second kappa shape index (κ2) is 14.4. The molecule has 3 nitrogen and oxygen atoms in total. The number of aryl methyl sites for hydroxylation is 1. The molecule has 0 aliphatic rings. The number of para-hydroxylation sites is 1. The Hall–Kier alpha value is -1.78. The molecule has 26 heavy (non-hydrogen) atoms. The average molecular weight is 379 g/mol. The molecule has 0 aliphatic carbocycles. The van der Waals surface area contributed by atoms with Gasteiger partial charge >= 0.3 is 0 Å². The largest absolute Gasteiger partial charge is 0.508 e. The van der Waals surface area contributed by atoms with Gasteiger partial charge in [0.1, 0.15) is 11.5 Å². The fourth-order valence-electron chi connectivity index (χ4n) is 3.37. The zero-order valence-corrected chi connectivity index (χ0v) is 18.6. The summed E-state index contributed by atoms with van der Waals surface area (Å²) in [6.45, 7) is 16.3. The van der Waals surface area contributed by atoms with Crippen LogP contribution in [0.5, 0.6) is 11.5 Å². The van der Waals surface area contributed by atoms with Crippen molar-refractivity contribution in [3.8, 4) is 11.5 Å². The second-order valence-corrected chi connectivity index (χ2v) is 12.6. The molecule has 2 aromatic carbocycles. The van der Waals surface area contributed by atoms with Crippen molar-refractivity contribution < 1.29 is 15.7 Å². The van der Waals surface area contributed by atoms with Gasteiger partial charge in [-0.05, 0) is 36.8 Å². The van der Waals surface area contributed by atoms with Crippen molar-refractivity contribution in [2.45, 2.75) is 65.1 Å². The number of phenolic OH excluding ortho intramolecular Hbond substituents is 2. The first kappa shape index (κ1) is 26.4. The quantitative estimate of drug-likeness (QED) is 0.671. The van der Waals surface area contributed by atoms with Gasteiger partial charge in [0.05, 0.1) is 0 Å². The summed E-state index contributed by atoms with van der Waals surface area (Å²) in [6.07, 6.45) is 0. The van der Waals surface area contributed by atoms with Crippen LogP contribution in [0.25, 0.3) is 0 Å². The SMILES string of the molecule is CC(C)[SiH](C(C)C)C(C)C.Cc1cccc(O)c1.O.Oc1ccccc1. The molecule has 4 heteroatoms. The number of benzene rings is 2. The monoisotopic (exact) mass is 378 g/mol. The van der Waals surface area contributed by atoms with E-state index in [1.165, 1.54) is 0 Å². The van der Waals surface area contributed by atoms with E-state index in [1.54, 1.807) is 36.4 Å². The van der Waals surface area contributed by atoms with E-state index in [-0.39, 0.29) is 5.48 Å². The summed E-state index contributed by atoms with van der Waals surface area (Å²) >= 11 is 0. The van der Waals surface area contributed by atoms with Crippen LogP contribution in [0.15, 0.2) is 54.6 Å². The normalized spacial score (nSPS) is 9.96. The zero-order valence-electron chi connectivity index (χ0n) is 17.4. The summed E-state index contributed by atoms with van der Waals surface area (Å²) in [5, 5.41) is 17.4. The molecule has 0 aromatic heterocycles. The third kappa shape index (κ3) is 12.6. The topological polar surface area (TPSA) is 72.0 Å². The molecule has 0 amide bonds. The lowest BCUT2D eigenvalue weighted by atomic mass is 10.2. The molecule has 4 N–H and O–H groups in total. The average Bonchev–Trinajstić information content (AvgIpc) is 2.47. The number of hydrogen-bond donors (Lipinski definition) is 2. The van der Waals surface area contributed by atoms with Gasteiger partial charge in [-0.2, -0.15) is 0 Å². The van der Waals surface area contributed by atoms with E-state index in [1.807, 2.05) is 25.1 Å². The Morgan fingerprint density at radius 3 is 1.27 bits per heavy atom. The number of phenols is 2. The highest BCUT2D eigenvalue weighted by molar-refractivity contribution is 6.63. The molecule has 2 rings (SSSR count). The third-order valence-corrected chi connectivity index (χ3v) is 8.69. The summed E-state index contributed by atoms with van der Waals surface area (Å²) in [7, 11) is -0.454. The molecule has 0 heterocycles. The predicted molar refractivity (Wildman–Crippen MR) is 117 cm³/mol. The van der Waals surface area contributed by atoms with E-state index in [0.29, 0.717) is 11.5 Å². The third-order valence-electron chi connectivity index (χ3n) is 4.07. The summed E-state index contributed by atoms with van der Waals surface area (Å²) in [4.78, 5) is 0. The Bertz CT molecular complexity index is 532. The standard InChI is InChI=1S/C9H22Si.C7H8O.C6H6O.H2O/c1-7(2)10(8(3)4)9(5)6;1-6-3-2-4-7(8)5-6;7-6-4-2-1-3-5-6;/h7-10H,1-6H3;2-5,8H,1H3;1-5,7H;1H2. The van der Waals surface area contributed by atoms with Crippen LogP contribution >= 0.6 is 0 Å². The number of hydrogen-bond acceptors (Lipinski definition) is 2. The summed E-state index contributed by atoms with van der Waals surface area (Å²) in [5.41, 5.74) is 4.00. The van der Waals surface area contributed by atoms with Gasteiger partial charge in [0.2, 0.25) is 0 Å². The number of aromatic hydroxyl groups is 2. The Balaban J connectivity index is 0. The van der Waals surface area contributed by atoms with E-state index in [9.17, 15) is 0 Å². The highest BCUT2D eigenvalue weighted by Gasteiger charge is 2.22. The molecule has 0 saturated carbocycles. The summed E-state index contributed by atoms with van der Waals surface area (Å²) in [5.74, 6) is 0.660. The van der Waals surface area contributed by atoms with Gasteiger partial charge < -0.3 is 15.7 Å². The van der Waals surface area contributed by atoms with Crippen molar-refractivity contribution in [3.05, 3.63) is 60.2 Å². The first-order valence-corrected chi connectivity index (χ1v) is 11.1. The van der Waals surface area contributed by atoms with Crippen molar-refractivity contribution in [3.63, 3.8) is 0 Å². The van der Waals surface area contributed by atoms with Crippen LogP contribution in [0.2, 0.25) is 16.6 Å². The lowest BCUT2D eigenvalue weighted by Crippen LogP contribution is -2.24. The first-order valence-electron chi connectivity index (χ1n) is 9.14. The smallest absolute Gasteiger partial charge is 0.115 e. The molecule has 0 unspecified atom stereocenters. The lowest BCUT2D eigenvalue weighted by molar-refractivity contribution is 0.474. The molecular formula is C22H38O3Si. The Labute approximate surface area is 161 Å². The minimum Gasteiger partial charge on any atom is -0.508 e. The van der Waals surface area contributed by atoms with Crippen molar-refractivity contribution >= 4 is 8.80 Å². The molecule has 2 aromatic rings. The van der Waals surface area contributed by atoms with Crippen LogP contribution in [0.3, 0.4) is 0 Å². The maximum atomic E-state index is 8.81. The maximum absolute atomic E-state index is 8.81. The molecule has 0 radical (unpaired) electrons. The first-order chi connectivity index (χ1) is 11.6. The van der Waals surface area contributed by atoms with Crippen LogP contribution in [0, 0.1) is 6.92 Å². The van der Waals surface area contributed by atoms with Gasteiger partial charge in [0.25, 0.3) is 0 Å². The van der Waals surface area contributed by atoms with Crippen molar-refractivity contribution in [2.24, 2.45) is 0 Å². The molecule has 0 fully saturated rings. The Morgan fingerprint density at radius 1 is 0.654 bits per heavy atom. The molecule has 0 atom stereocenters. The van der Waals surface area contributed by atoms with Crippen molar-refractivity contribution in [1.29, 1.82) is 0 Å². The van der Waals surface area contributed by atoms with E-state index < -0.39 is 8.80 Å². The molecule has 0 saturated heterocycles. The fourth-order valence-corrected chi connectivity index (χ4v) is 7.98. The van der Waals surface area contributed by atoms with Crippen LogP contribution in [0.1, 0.15) is 47.1 Å². The minimum atomic E-state index is -0.454. The predicted octanol–water partition coefficient (Wildman–Crippen LogP) is 5.71. The van der Waals surface area contributed by atoms with Gasteiger partial charge in [-0.15, -0.1) is 0 Å². The van der Waals surface area contributed by atoms with Gasteiger partial charge in [0, 0.05) is 8.80 Å². The molecule has 0 aliphatic heterocycles. The van der Waals surface area contributed by atoms with Crippen LogP contribution < -0.4 is 0 Å². The van der Waals surface area contributed by atoms with Gasteiger partial charge in [0.15, 0.2) is 0 Å². The Morgan fingerprint density at radius 2 is 1.08 bits per heavy atom. The highest BCUT2D eigenvalue weighted by Crippen LogP contribution is 2.29. The van der Waals surface area contributed by atoms with E-state index in [4.69, 9.17) is 10.2 Å². The Kier molecular flexibility index (Phi) is 14.6. The van der Waals surface area contributed by atoms with Gasteiger partial charge in [-0.25, -0.2) is 0 Å². The van der Waals surface area contributed by atoms with E-state index >= 15 is 0 Å². The maximum Gasteiger partial charge on any atom is 0.115 e. The van der Waals surface area contributed by atoms with Crippen LogP contribution in [-0.2, 0) is 0 Å². The van der Waals surface area contributed by atoms with Crippen molar-refractivity contribution in [1.82, 2.24) is 0 Å². The van der Waals surface area contributed by atoms with Gasteiger partial charge in [-0.1, -0.05) is 88.5 Å². The molecular weight excluding hydrogens is 340 g/mol. The van der Waals surface area contributed by atoms with Crippen LogP contribution in [-0.4, -0.2) is 24.5 Å². The van der Waals surface area contributed by atoms with Crippen LogP contribution in [0.4, 0.5) is 0 Å². The molecule has 0 bridgehead atoms.